The van der Waals surface area contributed by atoms with E-state index in [4.69, 9.17) is 4.74 Å². The number of Topliss-reactive ketones (excluding diaryl/α,β-unsaturated/α-hetero) is 2. The number of ether oxygens (including phenoxy) is 1. The van der Waals surface area contributed by atoms with Crippen molar-refractivity contribution in [2.45, 2.75) is 13.8 Å². The summed E-state index contributed by atoms with van der Waals surface area (Å²) in [5.41, 5.74) is 2.58. The van der Waals surface area contributed by atoms with Gasteiger partial charge in [-0.25, -0.2) is 4.79 Å². The number of halogens is 1. The lowest BCUT2D eigenvalue weighted by Gasteiger charge is -2.36. The lowest BCUT2D eigenvalue weighted by Crippen LogP contribution is -2.48. The molecule has 4 rings (SSSR count). The van der Waals surface area contributed by atoms with Gasteiger partial charge in [0, 0.05) is 55.4 Å². The van der Waals surface area contributed by atoms with Crippen LogP contribution in [0.5, 0.6) is 0 Å². The summed E-state index contributed by atoms with van der Waals surface area (Å²) < 4.78 is 7.84. The maximum absolute atomic E-state index is 13.2. The molecule has 1 N–H and O–H groups in total. The average molecular weight is 504 g/mol. The number of carbonyl (C=O) groups excluding carboxylic acids is 3. The zero-order valence-corrected chi connectivity index (χ0v) is 20.0. The third kappa shape index (κ3) is 3.58. The average Bonchev–Trinajstić information content (AvgIpc) is 3.06. The lowest BCUT2D eigenvalue weighted by molar-refractivity contribution is 0.0527. The monoisotopic (exact) mass is 503 g/mol. The number of hydrogen-bond acceptors (Lipinski definition) is 7. The molecule has 1 aliphatic heterocycles. The quantitative estimate of drug-likeness (QED) is 0.494. The number of aromatic nitrogens is 1. The number of piperazine rings is 1. The number of ketones is 2. The van der Waals surface area contributed by atoms with Crippen molar-refractivity contribution in [1.29, 1.82) is 0 Å². The van der Waals surface area contributed by atoms with Gasteiger partial charge in [-0.2, -0.15) is 0 Å². The molecular formula is C23H26BrN3O5. The maximum atomic E-state index is 13.2. The SMILES string of the molecule is CCOC(=O)c1c2c(n(C)c1N1CCN(CCO)CC1)C(=O)C(=O)c1c(C)cc(Br)cc1-2. The zero-order valence-electron chi connectivity index (χ0n) is 18.4. The molecule has 1 fully saturated rings. The van der Waals surface area contributed by atoms with Gasteiger partial charge in [0.1, 0.15) is 17.1 Å². The highest BCUT2D eigenvalue weighted by Crippen LogP contribution is 2.44. The van der Waals surface area contributed by atoms with Crippen LogP contribution in [0.3, 0.4) is 0 Å². The summed E-state index contributed by atoms with van der Waals surface area (Å²) in [6.45, 7) is 7.08. The minimum atomic E-state index is -0.615. The molecule has 0 radical (unpaired) electrons. The first-order valence-corrected chi connectivity index (χ1v) is 11.5. The van der Waals surface area contributed by atoms with Crippen LogP contribution in [-0.4, -0.2) is 78.0 Å². The molecule has 32 heavy (non-hydrogen) atoms. The lowest BCUT2D eigenvalue weighted by atomic mass is 9.83. The Morgan fingerprint density at radius 1 is 1.12 bits per heavy atom. The molecule has 170 valence electrons. The van der Waals surface area contributed by atoms with Gasteiger partial charge < -0.3 is 19.3 Å². The van der Waals surface area contributed by atoms with E-state index < -0.39 is 17.5 Å². The number of fused-ring (bicyclic) bond motifs is 3. The standard InChI is InChI=1S/C23H26BrN3O5/c1-4-32-23(31)18-17-15-12-14(24)11-13(2)16(15)20(29)21(30)19(17)25(3)22(18)27-7-5-26(6-8-27)9-10-28/h11-12,28H,4-10H2,1-3H3. The molecule has 0 amide bonds. The van der Waals surface area contributed by atoms with Crippen molar-refractivity contribution >= 4 is 39.3 Å². The Kier molecular flexibility index (Phi) is 6.24. The van der Waals surface area contributed by atoms with Crippen molar-refractivity contribution < 1.29 is 24.2 Å². The van der Waals surface area contributed by atoms with Crippen LogP contribution in [0, 0.1) is 6.92 Å². The second kappa shape index (κ2) is 8.80. The first kappa shape index (κ1) is 22.7. The molecule has 2 aromatic rings. The molecule has 0 spiro atoms. The fourth-order valence-corrected chi connectivity index (χ4v) is 5.33. The van der Waals surface area contributed by atoms with Crippen molar-refractivity contribution in [3.05, 3.63) is 39.0 Å². The molecule has 2 aliphatic rings. The van der Waals surface area contributed by atoms with Gasteiger partial charge in [0.15, 0.2) is 0 Å². The van der Waals surface area contributed by atoms with Gasteiger partial charge in [0.05, 0.1) is 13.2 Å². The van der Waals surface area contributed by atoms with E-state index in [1.54, 1.807) is 37.6 Å². The number of aliphatic hydroxyl groups is 1. The number of hydrogen-bond donors (Lipinski definition) is 1. The van der Waals surface area contributed by atoms with Crippen LogP contribution in [0.15, 0.2) is 16.6 Å². The highest BCUT2D eigenvalue weighted by molar-refractivity contribution is 9.10. The summed E-state index contributed by atoms with van der Waals surface area (Å²) in [5, 5.41) is 9.23. The Balaban J connectivity index is 1.94. The summed E-state index contributed by atoms with van der Waals surface area (Å²) in [6.07, 6.45) is 0. The predicted molar refractivity (Wildman–Crippen MR) is 124 cm³/mol. The third-order valence-corrected chi connectivity index (χ3v) is 6.61. The Morgan fingerprint density at radius 2 is 1.81 bits per heavy atom. The number of nitrogens with zero attached hydrogens (tertiary/aromatic N) is 3. The van der Waals surface area contributed by atoms with E-state index in [1.807, 2.05) is 0 Å². The van der Waals surface area contributed by atoms with E-state index in [9.17, 15) is 19.5 Å². The van der Waals surface area contributed by atoms with Gasteiger partial charge in [0.2, 0.25) is 5.78 Å². The van der Waals surface area contributed by atoms with E-state index in [2.05, 4.69) is 25.7 Å². The van der Waals surface area contributed by atoms with E-state index in [1.165, 1.54) is 0 Å². The second-order valence-electron chi connectivity index (χ2n) is 8.06. The Labute approximate surface area is 194 Å². The largest absolute Gasteiger partial charge is 0.462 e. The van der Waals surface area contributed by atoms with E-state index in [-0.39, 0.29) is 18.9 Å². The Bertz CT molecular complexity index is 1120. The molecular weight excluding hydrogens is 478 g/mol. The van der Waals surface area contributed by atoms with Crippen molar-refractivity contribution in [3.63, 3.8) is 0 Å². The van der Waals surface area contributed by atoms with Gasteiger partial charge in [-0.1, -0.05) is 15.9 Å². The van der Waals surface area contributed by atoms with Gasteiger partial charge >= 0.3 is 5.97 Å². The van der Waals surface area contributed by atoms with Gasteiger partial charge in [0.25, 0.3) is 5.78 Å². The summed E-state index contributed by atoms with van der Waals surface area (Å²) in [6, 6.07) is 3.58. The highest BCUT2D eigenvalue weighted by Gasteiger charge is 2.41. The summed E-state index contributed by atoms with van der Waals surface area (Å²) in [7, 11) is 1.72. The van der Waals surface area contributed by atoms with E-state index >= 15 is 0 Å². The van der Waals surface area contributed by atoms with Crippen LogP contribution in [-0.2, 0) is 11.8 Å². The zero-order chi connectivity index (χ0) is 23.2. The van der Waals surface area contributed by atoms with E-state index in [0.717, 1.165) is 4.47 Å². The van der Waals surface area contributed by atoms with Crippen LogP contribution in [0.25, 0.3) is 11.1 Å². The number of anilines is 1. The molecule has 0 atom stereocenters. The smallest absolute Gasteiger partial charge is 0.342 e. The van der Waals surface area contributed by atoms with E-state index in [0.29, 0.717) is 66.4 Å². The molecule has 8 nitrogen and oxygen atoms in total. The Morgan fingerprint density at radius 3 is 2.44 bits per heavy atom. The normalized spacial score (nSPS) is 16.2. The van der Waals surface area contributed by atoms with Crippen molar-refractivity contribution in [1.82, 2.24) is 9.47 Å². The predicted octanol–water partition coefficient (Wildman–Crippen LogP) is 2.43. The molecule has 0 unspecified atom stereocenters. The first-order chi connectivity index (χ1) is 15.3. The fourth-order valence-electron chi connectivity index (χ4n) is 4.75. The molecule has 1 aliphatic carbocycles. The molecule has 1 saturated heterocycles. The second-order valence-corrected chi connectivity index (χ2v) is 8.97. The number of β-amino-alcohol motifs (C(OH)–C–C–N with tert-alkyl or cyclic N) is 1. The summed E-state index contributed by atoms with van der Waals surface area (Å²) >= 11 is 3.49. The molecule has 0 bridgehead atoms. The molecule has 2 heterocycles. The van der Waals surface area contributed by atoms with Crippen LogP contribution < -0.4 is 4.90 Å². The molecule has 1 aromatic heterocycles. The van der Waals surface area contributed by atoms with Crippen LogP contribution in [0.2, 0.25) is 0 Å². The molecule has 9 heteroatoms. The molecule has 1 aromatic carbocycles. The first-order valence-electron chi connectivity index (χ1n) is 10.7. The van der Waals surface area contributed by atoms with Crippen molar-refractivity contribution in [2.24, 2.45) is 7.05 Å². The van der Waals surface area contributed by atoms with Crippen LogP contribution >= 0.6 is 15.9 Å². The highest BCUT2D eigenvalue weighted by atomic mass is 79.9. The maximum Gasteiger partial charge on any atom is 0.342 e. The van der Waals surface area contributed by atoms with Gasteiger partial charge in [-0.05, 0) is 37.1 Å². The van der Waals surface area contributed by atoms with Crippen molar-refractivity contribution in [2.75, 3.05) is 50.8 Å². The number of carbonyl (C=O) groups is 3. The number of rotatable bonds is 5. The number of esters is 1. The van der Waals surface area contributed by atoms with Crippen LogP contribution in [0.4, 0.5) is 5.82 Å². The Hall–Kier alpha value is -2.49. The minimum Gasteiger partial charge on any atom is -0.462 e. The summed E-state index contributed by atoms with van der Waals surface area (Å²) in [5.74, 6) is -1.10. The van der Waals surface area contributed by atoms with Crippen LogP contribution in [0.1, 0.15) is 43.7 Å². The fraction of sp³-hybridized carbons (Fsp3) is 0.435. The van der Waals surface area contributed by atoms with Gasteiger partial charge in [-0.3, -0.25) is 14.5 Å². The topological polar surface area (TPSA) is 92.1 Å². The number of aliphatic hydroxyl groups excluding tert-OH is 1. The van der Waals surface area contributed by atoms with Crippen molar-refractivity contribution in [3.8, 4) is 11.1 Å². The molecule has 0 saturated carbocycles. The summed E-state index contributed by atoms with van der Waals surface area (Å²) in [4.78, 5) is 43.7. The number of benzene rings is 1. The number of aryl methyl sites for hydroxylation is 1. The third-order valence-electron chi connectivity index (χ3n) is 6.15. The van der Waals surface area contributed by atoms with Gasteiger partial charge in [-0.15, -0.1) is 0 Å². The minimum absolute atomic E-state index is 0.0914.